The molecule has 0 aliphatic heterocycles. The molecule has 7 heteroatoms. The lowest BCUT2D eigenvalue weighted by Crippen LogP contribution is -2.25. The van der Waals surface area contributed by atoms with Gasteiger partial charge in [0.2, 0.25) is 0 Å². The predicted molar refractivity (Wildman–Crippen MR) is 81.2 cm³/mol. The number of benzene rings is 1. The van der Waals surface area contributed by atoms with Crippen LogP contribution in [0.2, 0.25) is 0 Å². The van der Waals surface area contributed by atoms with Crippen LogP contribution < -0.4 is 14.8 Å². The second-order valence-corrected chi connectivity index (χ2v) is 4.57. The second-order valence-electron chi connectivity index (χ2n) is 4.12. The van der Waals surface area contributed by atoms with Crippen LogP contribution in [0.4, 0.5) is 0 Å². The highest BCUT2D eigenvalue weighted by molar-refractivity contribution is 7.80. The molecule has 1 aromatic carbocycles. The van der Waals surface area contributed by atoms with E-state index in [0.29, 0.717) is 35.1 Å². The number of carbonyl (C=O) groups is 1. The molecule has 1 aromatic heterocycles. The molecule has 2 aromatic rings. The van der Waals surface area contributed by atoms with Crippen LogP contribution in [0.5, 0.6) is 11.5 Å². The highest BCUT2D eigenvalue weighted by atomic mass is 32.1. The van der Waals surface area contributed by atoms with Gasteiger partial charge in [0.25, 0.3) is 5.91 Å². The summed E-state index contributed by atoms with van der Waals surface area (Å²) in [5.41, 5.74) is 0.870. The van der Waals surface area contributed by atoms with Gasteiger partial charge in [-0.2, -0.15) is 12.6 Å². The molecule has 0 fully saturated rings. The van der Waals surface area contributed by atoms with Crippen molar-refractivity contribution in [3.8, 4) is 22.8 Å². The van der Waals surface area contributed by atoms with Gasteiger partial charge in [-0.1, -0.05) is 5.16 Å². The Kier molecular flexibility index (Phi) is 5.10. The van der Waals surface area contributed by atoms with Gasteiger partial charge in [-0.3, -0.25) is 4.79 Å². The molecule has 1 N–H and O–H groups in total. The summed E-state index contributed by atoms with van der Waals surface area (Å²) < 4.78 is 15.7. The fraction of sp³-hybridized carbons (Fsp3) is 0.286. The van der Waals surface area contributed by atoms with E-state index in [-0.39, 0.29) is 11.6 Å². The van der Waals surface area contributed by atoms with Crippen molar-refractivity contribution in [3.05, 3.63) is 30.0 Å². The van der Waals surface area contributed by atoms with Crippen LogP contribution in [0.25, 0.3) is 11.3 Å². The maximum atomic E-state index is 11.8. The van der Waals surface area contributed by atoms with Crippen LogP contribution in [0.3, 0.4) is 0 Å². The van der Waals surface area contributed by atoms with E-state index >= 15 is 0 Å². The van der Waals surface area contributed by atoms with Crippen LogP contribution in [0.15, 0.2) is 28.8 Å². The minimum absolute atomic E-state index is 0.205. The van der Waals surface area contributed by atoms with Gasteiger partial charge in [0, 0.05) is 18.4 Å². The zero-order valence-electron chi connectivity index (χ0n) is 11.8. The summed E-state index contributed by atoms with van der Waals surface area (Å²) in [6, 6.07) is 6.86. The number of methoxy groups -OCH3 is 2. The average Bonchev–Trinajstić information content (AvgIpc) is 3.01. The van der Waals surface area contributed by atoms with E-state index in [2.05, 4.69) is 23.1 Å². The average molecular weight is 308 g/mol. The Balaban J connectivity index is 2.30. The van der Waals surface area contributed by atoms with Crippen LogP contribution in [-0.4, -0.2) is 37.6 Å². The molecule has 0 atom stereocenters. The molecule has 1 amide bonds. The molecule has 0 saturated heterocycles. The molecule has 1 heterocycles. The third kappa shape index (κ3) is 3.49. The number of rotatable bonds is 6. The number of hydrogen-bond acceptors (Lipinski definition) is 6. The summed E-state index contributed by atoms with van der Waals surface area (Å²) in [6.07, 6.45) is 0. The smallest absolute Gasteiger partial charge is 0.273 e. The number of carbonyl (C=O) groups excluding carboxylic acids is 1. The lowest BCUT2D eigenvalue weighted by molar-refractivity contribution is 0.0947. The van der Waals surface area contributed by atoms with Gasteiger partial charge in [-0.05, 0) is 18.2 Å². The van der Waals surface area contributed by atoms with Crippen molar-refractivity contribution in [3.63, 3.8) is 0 Å². The van der Waals surface area contributed by atoms with Gasteiger partial charge in [0.1, 0.15) is 11.5 Å². The Morgan fingerprint density at radius 3 is 2.81 bits per heavy atom. The van der Waals surface area contributed by atoms with Crippen LogP contribution in [0, 0.1) is 0 Å². The molecule has 6 nitrogen and oxygen atoms in total. The Bertz CT molecular complexity index is 627. The fourth-order valence-electron chi connectivity index (χ4n) is 1.78. The third-order valence-corrected chi connectivity index (χ3v) is 3.04. The fourth-order valence-corrected chi connectivity index (χ4v) is 1.89. The van der Waals surface area contributed by atoms with Crippen LogP contribution in [0.1, 0.15) is 10.5 Å². The predicted octanol–water partition coefficient (Wildman–Crippen LogP) is 2.02. The lowest BCUT2D eigenvalue weighted by atomic mass is 10.1. The first kappa shape index (κ1) is 15.2. The SMILES string of the molecule is COc1ccc(OC)c(-c2cc(C(=O)NCCS)no2)c1. The van der Waals surface area contributed by atoms with Crippen molar-refractivity contribution in [2.24, 2.45) is 0 Å². The first-order chi connectivity index (χ1) is 10.2. The van der Waals surface area contributed by atoms with Crippen molar-refractivity contribution in [1.82, 2.24) is 10.5 Å². The second kappa shape index (κ2) is 7.03. The molecule has 0 unspecified atom stereocenters. The monoisotopic (exact) mass is 308 g/mol. The number of ether oxygens (including phenoxy) is 2. The van der Waals surface area contributed by atoms with E-state index in [4.69, 9.17) is 14.0 Å². The van der Waals surface area contributed by atoms with Gasteiger partial charge in [-0.25, -0.2) is 0 Å². The molecule has 0 bridgehead atoms. The molecule has 0 saturated carbocycles. The maximum Gasteiger partial charge on any atom is 0.273 e. The highest BCUT2D eigenvalue weighted by Crippen LogP contribution is 2.33. The Labute approximate surface area is 127 Å². The van der Waals surface area contributed by atoms with E-state index in [1.807, 2.05) is 0 Å². The molecule has 21 heavy (non-hydrogen) atoms. The van der Waals surface area contributed by atoms with Gasteiger partial charge in [-0.15, -0.1) is 0 Å². The molecule has 2 rings (SSSR count). The topological polar surface area (TPSA) is 73.6 Å². The number of thiol groups is 1. The first-order valence-electron chi connectivity index (χ1n) is 6.27. The van der Waals surface area contributed by atoms with Crippen molar-refractivity contribution in [2.45, 2.75) is 0 Å². The normalized spacial score (nSPS) is 10.2. The van der Waals surface area contributed by atoms with Crippen molar-refractivity contribution < 1.29 is 18.8 Å². The van der Waals surface area contributed by atoms with Crippen molar-refractivity contribution in [1.29, 1.82) is 0 Å². The molecular weight excluding hydrogens is 292 g/mol. The number of hydrogen-bond donors (Lipinski definition) is 2. The van der Waals surface area contributed by atoms with E-state index in [1.54, 1.807) is 38.5 Å². The number of aromatic nitrogens is 1. The van der Waals surface area contributed by atoms with Crippen LogP contribution >= 0.6 is 12.6 Å². The van der Waals surface area contributed by atoms with Gasteiger partial charge in [0.05, 0.1) is 19.8 Å². The molecule has 0 radical (unpaired) electrons. The Hall–Kier alpha value is -2.15. The van der Waals surface area contributed by atoms with Crippen molar-refractivity contribution >= 4 is 18.5 Å². The first-order valence-corrected chi connectivity index (χ1v) is 6.91. The summed E-state index contributed by atoms with van der Waals surface area (Å²) >= 11 is 4.03. The molecular formula is C14H16N2O4S. The van der Waals surface area contributed by atoms with E-state index in [1.165, 1.54) is 0 Å². The van der Waals surface area contributed by atoms with Crippen LogP contribution in [-0.2, 0) is 0 Å². The van der Waals surface area contributed by atoms with Crippen molar-refractivity contribution in [2.75, 3.05) is 26.5 Å². The number of nitrogens with zero attached hydrogens (tertiary/aromatic N) is 1. The number of nitrogens with one attached hydrogen (secondary N) is 1. The van der Waals surface area contributed by atoms with Gasteiger partial charge in [0.15, 0.2) is 11.5 Å². The molecule has 0 aliphatic carbocycles. The van der Waals surface area contributed by atoms with Gasteiger partial charge >= 0.3 is 0 Å². The minimum atomic E-state index is -0.305. The largest absolute Gasteiger partial charge is 0.497 e. The Morgan fingerprint density at radius 2 is 2.14 bits per heavy atom. The van der Waals surface area contributed by atoms with E-state index < -0.39 is 0 Å². The molecule has 112 valence electrons. The summed E-state index contributed by atoms with van der Waals surface area (Å²) in [5.74, 6) is 1.94. The highest BCUT2D eigenvalue weighted by Gasteiger charge is 2.16. The zero-order chi connectivity index (χ0) is 15.2. The Morgan fingerprint density at radius 1 is 1.33 bits per heavy atom. The van der Waals surface area contributed by atoms with E-state index in [0.717, 1.165) is 0 Å². The summed E-state index contributed by atoms with van der Waals surface area (Å²) in [6.45, 7) is 0.465. The molecule has 0 aliphatic rings. The minimum Gasteiger partial charge on any atom is -0.497 e. The lowest BCUT2D eigenvalue weighted by Gasteiger charge is -2.07. The standard InChI is InChI=1S/C14H16N2O4S/c1-18-9-3-4-12(19-2)10(7-9)13-8-11(16-20-13)14(17)15-5-6-21/h3-4,7-8,21H,5-6H2,1-2H3,(H,15,17). The van der Waals surface area contributed by atoms with E-state index in [9.17, 15) is 4.79 Å². The summed E-state index contributed by atoms with van der Waals surface area (Å²) in [5, 5.41) is 6.44. The zero-order valence-corrected chi connectivity index (χ0v) is 12.6. The maximum absolute atomic E-state index is 11.8. The quantitative estimate of drug-likeness (QED) is 0.799. The summed E-state index contributed by atoms with van der Waals surface area (Å²) in [4.78, 5) is 11.8. The third-order valence-electron chi connectivity index (χ3n) is 2.81. The number of amides is 1. The summed E-state index contributed by atoms with van der Waals surface area (Å²) in [7, 11) is 3.13. The molecule has 0 spiro atoms. The van der Waals surface area contributed by atoms with Gasteiger partial charge < -0.3 is 19.3 Å².